The van der Waals surface area contributed by atoms with Gasteiger partial charge in [-0.2, -0.15) is 0 Å². The standard InChI is InChI=1S/C20H40O5Si/c1-7-8-9-10-11-12-13-14-15-16-17-19(25-20(21)18(2)3)26(22-4,23-5)24-6/h19H,2,7-17H2,1,3-6H3. The van der Waals surface area contributed by atoms with Crippen LogP contribution in [-0.4, -0.2) is 41.8 Å². The molecule has 0 aliphatic rings. The second kappa shape index (κ2) is 15.4. The van der Waals surface area contributed by atoms with Gasteiger partial charge in [-0.15, -0.1) is 0 Å². The van der Waals surface area contributed by atoms with E-state index in [2.05, 4.69) is 13.5 Å². The topological polar surface area (TPSA) is 54.0 Å². The van der Waals surface area contributed by atoms with Crippen LogP contribution in [0.1, 0.15) is 84.5 Å². The van der Waals surface area contributed by atoms with Crippen LogP contribution in [-0.2, 0) is 22.8 Å². The van der Waals surface area contributed by atoms with Crippen molar-refractivity contribution in [2.24, 2.45) is 0 Å². The molecule has 0 saturated heterocycles. The van der Waals surface area contributed by atoms with Gasteiger partial charge in [-0.3, -0.25) is 0 Å². The molecule has 0 aromatic carbocycles. The highest BCUT2D eigenvalue weighted by molar-refractivity contribution is 6.62. The number of carbonyl (C=O) groups excluding carboxylic acids is 1. The van der Waals surface area contributed by atoms with E-state index in [0.29, 0.717) is 12.0 Å². The minimum atomic E-state index is -3.03. The number of carbonyl (C=O) groups is 1. The number of ether oxygens (including phenoxy) is 1. The molecular weight excluding hydrogens is 348 g/mol. The molecule has 0 N–H and O–H groups in total. The monoisotopic (exact) mass is 388 g/mol. The molecule has 0 heterocycles. The lowest BCUT2D eigenvalue weighted by atomic mass is 10.1. The van der Waals surface area contributed by atoms with E-state index in [1.165, 1.54) is 51.4 Å². The smallest absolute Gasteiger partial charge is 0.454 e. The van der Waals surface area contributed by atoms with Gasteiger partial charge in [0.2, 0.25) is 0 Å². The lowest BCUT2D eigenvalue weighted by Crippen LogP contribution is -2.56. The maximum Gasteiger partial charge on any atom is 0.543 e. The van der Waals surface area contributed by atoms with E-state index in [1.54, 1.807) is 28.3 Å². The summed E-state index contributed by atoms with van der Waals surface area (Å²) in [5, 5.41) is 0. The van der Waals surface area contributed by atoms with Gasteiger partial charge in [-0.1, -0.05) is 71.3 Å². The Kier molecular flexibility index (Phi) is 15.0. The molecule has 0 aromatic heterocycles. The molecule has 1 atom stereocenters. The third kappa shape index (κ3) is 9.85. The van der Waals surface area contributed by atoms with Gasteiger partial charge in [0.05, 0.1) is 0 Å². The van der Waals surface area contributed by atoms with Crippen LogP contribution in [0.2, 0.25) is 0 Å². The zero-order valence-electron chi connectivity index (χ0n) is 17.6. The van der Waals surface area contributed by atoms with Crippen molar-refractivity contribution in [2.45, 2.75) is 90.2 Å². The molecule has 6 heteroatoms. The molecule has 0 rings (SSSR count). The summed E-state index contributed by atoms with van der Waals surface area (Å²) >= 11 is 0. The minimum absolute atomic E-state index is 0.365. The molecular formula is C20H40O5Si. The average molecular weight is 389 g/mol. The summed E-state index contributed by atoms with van der Waals surface area (Å²) in [5.74, 6) is -0.426. The summed E-state index contributed by atoms with van der Waals surface area (Å²) in [6.45, 7) is 7.52. The van der Waals surface area contributed by atoms with Crippen molar-refractivity contribution >= 4 is 14.8 Å². The van der Waals surface area contributed by atoms with Gasteiger partial charge in [0.25, 0.3) is 0 Å². The Morgan fingerprint density at radius 1 is 0.846 bits per heavy atom. The van der Waals surface area contributed by atoms with Gasteiger partial charge in [0.15, 0.2) is 5.73 Å². The van der Waals surface area contributed by atoms with E-state index >= 15 is 0 Å². The minimum Gasteiger partial charge on any atom is -0.454 e. The highest BCUT2D eigenvalue weighted by Crippen LogP contribution is 2.22. The van der Waals surface area contributed by atoms with Gasteiger partial charge in [-0.05, 0) is 19.8 Å². The fourth-order valence-electron chi connectivity index (χ4n) is 3.00. The van der Waals surface area contributed by atoms with Gasteiger partial charge in [-0.25, -0.2) is 4.79 Å². The molecule has 0 aliphatic carbocycles. The largest absolute Gasteiger partial charge is 0.543 e. The van der Waals surface area contributed by atoms with E-state index in [0.717, 1.165) is 12.8 Å². The first-order valence-corrected chi connectivity index (χ1v) is 11.8. The maximum atomic E-state index is 12.0. The summed E-state index contributed by atoms with van der Waals surface area (Å²) in [7, 11) is 1.59. The molecule has 0 fully saturated rings. The summed E-state index contributed by atoms with van der Waals surface area (Å²) in [6.07, 6.45) is 13.2. The Bertz CT molecular complexity index is 374. The molecule has 0 aromatic rings. The predicted molar refractivity (Wildman–Crippen MR) is 108 cm³/mol. The van der Waals surface area contributed by atoms with Crippen molar-refractivity contribution in [3.8, 4) is 0 Å². The third-order valence-corrected chi connectivity index (χ3v) is 7.57. The van der Waals surface area contributed by atoms with Crippen molar-refractivity contribution in [2.75, 3.05) is 21.3 Å². The van der Waals surface area contributed by atoms with Crippen LogP contribution in [0.4, 0.5) is 0 Å². The molecule has 154 valence electrons. The van der Waals surface area contributed by atoms with E-state index in [9.17, 15) is 4.79 Å². The fraction of sp³-hybridized carbons (Fsp3) is 0.850. The first kappa shape index (κ1) is 25.3. The average Bonchev–Trinajstić information content (AvgIpc) is 2.64. The van der Waals surface area contributed by atoms with Crippen molar-refractivity contribution in [3.63, 3.8) is 0 Å². The SMILES string of the molecule is C=C(C)C(=O)OC(CCCCCCCCCCCC)[Si](OC)(OC)OC. The summed E-state index contributed by atoms with van der Waals surface area (Å²) in [6, 6.07) is 0. The van der Waals surface area contributed by atoms with Gasteiger partial charge < -0.3 is 18.0 Å². The molecule has 0 bridgehead atoms. The number of rotatable bonds is 17. The number of hydrogen-bond acceptors (Lipinski definition) is 5. The molecule has 0 radical (unpaired) electrons. The van der Waals surface area contributed by atoms with Crippen LogP contribution in [0, 0.1) is 0 Å². The van der Waals surface area contributed by atoms with Crippen LogP contribution in [0.15, 0.2) is 12.2 Å². The zero-order chi connectivity index (χ0) is 19.8. The lowest BCUT2D eigenvalue weighted by Gasteiger charge is -2.31. The van der Waals surface area contributed by atoms with Crippen molar-refractivity contribution in [3.05, 3.63) is 12.2 Å². The summed E-state index contributed by atoms with van der Waals surface area (Å²) in [4.78, 5) is 12.0. The van der Waals surface area contributed by atoms with Crippen LogP contribution in [0.25, 0.3) is 0 Å². The normalized spacial score (nSPS) is 12.8. The van der Waals surface area contributed by atoms with Gasteiger partial charge in [0.1, 0.15) is 0 Å². The Morgan fingerprint density at radius 2 is 1.27 bits per heavy atom. The molecule has 26 heavy (non-hydrogen) atoms. The van der Waals surface area contributed by atoms with E-state index < -0.39 is 20.5 Å². The highest BCUT2D eigenvalue weighted by Gasteiger charge is 2.50. The Hall–Kier alpha value is -0.693. The van der Waals surface area contributed by atoms with Crippen molar-refractivity contribution < 1.29 is 22.8 Å². The van der Waals surface area contributed by atoms with Crippen LogP contribution >= 0.6 is 0 Å². The predicted octanol–water partition coefficient (Wildman–Crippen LogP) is 5.20. The Morgan fingerprint density at radius 3 is 1.65 bits per heavy atom. The van der Waals surface area contributed by atoms with Gasteiger partial charge >= 0.3 is 14.8 Å². The van der Waals surface area contributed by atoms with Crippen LogP contribution in [0.3, 0.4) is 0 Å². The summed E-state index contributed by atoms with van der Waals surface area (Å²) < 4.78 is 22.1. The van der Waals surface area contributed by atoms with Gasteiger partial charge in [0, 0.05) is 26.9 Å². The van der Waals surface area contributed by atoms with E-state index in [1.807, 2.05) is 0 Å². The van der Waals surface area contributed by atoms with Crippen LogP contribution in [0.5, 0.6) is 0 Å². The first-order chi connectivity index (χ1) is 12.5. The van der Waals surface area contributed by atoms with E-state index in [-0.39, 0.29) is 0 Å². The van der Waals surface area contributed by atoms with Crippen molar-refractivity contribution in [1.82, 2.24) is 0 Å². The van der Waals surface area contributed by atoms with Crippen molar-refractivity contribution in [1.29, 1.82) is 0 Å². The molecule has 0 saturated carbocycles. The van der Waals surface area contributed by atoms with E-state index in [4.69, 9.17) is 18.0 Å². The number of esters is 1. The third-order valence-electron chi connectivity index (χ3n) is 4.67. The second-order valence-corrected chi connectivity index (χ2v) is 9.94. The lowest BCUT2D eigenvalue weighted by molar-refractivity contribution is -0.144. The summed E-state index contributed by atoms with van der Waals surface area (Å²) in [5.41, 5.74) is -0.134. The fourth-order valence-corrected chi connectivity index (χ4v) is 5.10. The zero-order valence-corrected chi connectivity index (χ0v) is 18.6. The highest BCUT2D eigenvalue weighted by atomic mass is 28.4. The molecule has 1 unspecified atom stereocenters. The first-order valence-electron chi connectivity index (χ1n) is 9.99. The Balaban J connectivity index is 4.27. The molecule has 0 amide bonds. The maximum absolute atomic E-state index is 12.0. The Labute approximate surface area is 161 Å². The molecule has 0 spiro atoms. The second-order valence-electron chi connectivity index (χ2n) is 6.86. The molecule has 0 aliphatic heterocycles. The van der Waals surface area contributed by atoms with Crippen LogP contribution < -0.4 is 0 Å². The molecule has 5 nitrogen and oxygen atoms in total. The number of hydrogen-bond donors (Lipinski definition) is 0. The quantitative estimate of drug-likeness (QED) is 0.148. The number of unbranched alkanes of at least 4 members (excludes halogenated alkanes) is 9.